The average Bonchev–Trinajstić information content (AvgIpc) is 2.75. The number of halogens is 2. The van der Waals surface area contributed by atoms with Gasteiger partial charge in [-0.05, 0) is 73.2 Å². The van der Waals surface area contributed by atoms with Gasteiger partial charge in [-0.3, -0.25) is 4.79 Å². The predicted molar refractivity (Wildman–Crippen MR) is 121 cm³/mol. The number of hydrogen-bond donors (Lipinski definition) is 1. The zero-order chi connectivity index (χ0) is 21.5. The summed E-state index contributed by atoms with van der Waals surface area (Å²) in [6.45, 7) is 2.09. The Hall–Kier alpha value is -2.82. The first-order chi connectivity index (χ1) is 14.5. The molecule has 0 spiro atoms. The highest BCUT2D eigenvalue weighted by Crippen LogP contribution is 2.26. The molecule has 0 fully saturated rings. The van der Waals surface area contributed by atoms with E-state index in [0.717, 1.165) is 11.3 Å². The Bertz CT molecular complexity index is 1000. The third-order valence-electron chi connectivity index (χ3n) is 4.57. The number of benzene rings is 3. The van der Waals surface area contributed by atoms with E-state index in [2.05, 4.69) is 5.32 Å². The molecule has 0 aliphatic carbocycles. The number of carbonyl (C=O) groups excluding carboxylic acids is 2. The van der Waals surface area contributed by atoms with E-state index >= 15 is 0 Å². The van der Waals surface area contributed by atoms with Crippen LogP contribution in [0.15, 0.2) is 72.8 Å². The summed E-state index contributed by atoms with van der Waals surface area (Å²) in [5.41, 5.74) is 2.78. The Labute approximate surface area is 185 Å². The smallest absolute Gasteiger partial charge is 0.338 e. The maximum atomic E-state index is 12.8. The van der Waals surface area contributed by atoms with Crippen molar-refractivity contribution in [2.75, 3.05) is 11.9 Å². The van der Waals surface area contributed by atoms with E-state index in [0.29, 0.717) is 27.8 Å². The monoisotopic (exact) mass is 441 g/mol. The van der Waals surface area contributed by atoms with Crippen molar-refractivity contribution in [3.05, 3.63) is 99.5 Å². The second-order valence-corrected chi connectivity index (χ2v) is 7.55. The van der Waals surface area contributed by atoms with Crippen LogP contribution >= 0.6 is 23.2 Å². The van der Waals surface area contributed by atoms with Crippen molar-refractivity contribution in [2.24, 2.45) is 0 Å². The first-order valence-electron chi connectivity index (χ1n) is 9.54. The highest BCUT2D eigenvalue weighted by Gasteiger charge is 2.18. The van der Waals surface area contributed by atoms with Gasteiger partial charge in [0.25, 0.3) is 0 Å². The third-order valence-corrected chi connectivity index (χ3v) is 5.07. The van der Waals surface area contributed by atoms with Crippen molar-refractivity contribution < 1.29 is 14.3 Å². The van der Waals surface area contributed by atoms with Gasteiger partial charge in [-0.25, -0.2) is 4.79 Å². The Kier molecular flexibility index (Phi) is 7.50. The number of ketones is 1. The molecule has 0 amide bonds. The number of Topliss-reactive ketones (excluding diaryl/α,β-unsaturated/α-hetero) is 1. The van der Waals surface area contributed by atoms with Crippen molar-refractivity contribution in [1.29, 1.82) is 0 Å². The lowest BCUT2D eigenvalue weighted by Crippen LogP contribution is -2.16. The predicted octanol–water partition coefficient (Wildman–Crippen LogP) is 6.60. The maximum Gasteiger partial charge on any atom is 0.338 e. The van der Waals surface area contributed by atoms with Gasteiger partial charge in [-0.15, -0.1) is 0 Å². The third kappa shape index (κ3) is 5.85. The molecular weight excluding hydrogens is 421 g/mol. The molecule has 3 rings (SSSR count). The molecule has 3 aromatic rings. The van der Waals surface area contributed by atoms with Crippen molar-refractivity contribution >= 4 is 40.6 Å². The fourth-order valence-electron chi connectivity index (χ4n) is 3.00. The van der Waals surface area contributed by atoms with Crippen LogP contribution in [0, 0.1) is 0 Å². The van der Waals surface area contributed by atoms with Crippen LogP contribution < -0.4 is 5.32 Å². The number of ether oxygens (including phenoxy) is 1. The average molecular weight is 442 g/mol. The van der Waals surface area contributed by atoms with Gasteiger partial charge >= 0.3 is 5.97 Å². The SMILES string of the molecule is CCOC(=O)c1ccc(NC(CC(=O)c2ccc(Cl)cc2)c2ccc(Cl)cc2)cc1. The van der Waals surface area contributed by atoms with E-state index in [-0.39, 0.29) is 24.2 Å². The summed E-state index contributed by atoms with van der Waals surface area (Å²) in [5.74, 6) is -0.376. The van der Waals surface area contributed by atoms with Gasteiger partial charge in [-0.1, -0.05) is 35.3 Å². The molecule has 0 saturated carbocycles. The highest BCUT2D eigenvalue weighted by atomic mass is 35.5. The van der Waals surface area contributed by atoms with E-state index in [4.69, 9.17) is 27.9 Å². The fraction of sp³-hybridized carbons (Fsp3) is 0.167. The summed E-state index contributed by atoms with van der Waals surface area (Å²) in [7, 11) is 0. The molecule has 0 saturated heterocycles. The molecule has 1 unspecified atom stereocenters. The Morgan fingerprint density at radius 2 is 1.37 bits per heavy atom. The molecular formula is C24H21Cl2NO3. The lowest BCUT2D eigenvalue weighted by molar-refractivity contribution is 0.0526. The fourth-order valence-corrected chi connectivity index (χ4v) is 3.26. The van der Waals surface area contributed by atoms with E-state index in [1.807, 2.05) is 12.1 Å². The second-order valence-electron chi connectivity index (χ2n) is 6.68. The van der Waals surface area contributed by atoms with Crippen molar-refractivity contribution in [3.63, 3.8) is 0 Å². The Morgan fingerprint density at radius 1 is 0.833 bits per heavy atom. The quantitative estimate of drug-likeness (QED) is 0.316. The van der Waals surface area contributed by atoms with Crippen LogP contribution in [0.1, 0.15) is 45.7 Å². The molecule has 1 atom stereocenters. The number of esters is 1. The summed E-state index contributed by atoms with van der Waals surface area (Å²) in [5, 5.41) is 4.59. The number of nitrogens with one attached hydrogen (secondary N) is 1. The molecule has 0 aromatic heterocycles. The molecule has 3 aromatic carbocycles. The lowest BCUT2D eigenvalue weighted by Gasteiger charge is -2.20. The molecule has 0 heterocycles. The molecule has 0 bridgehead atoms. The van der Waals surface area contributed by atoms with E-state index in [1.165, 1.54) is 0 Å². The van der Waals surface area contributed by atoms with Gasteiger partial charge in [0.2, 0.25) is 0 Å². The number of rotatable bonds is 8. The standard InChI is InChI=1S/C24H21Cl2NO3/c1-2-30-24(29)18-7-13-21(14-8-18)27-22(16-3-9-19(25)10-4-16)15-23(28)17-5-11-20(26)12-6-17/h3-14,22,27H,2,15H2,1H3. The van der Waals surface area contributed by atoms with Gasteiger partial charge in [0.15, 0.2) is 5.78 Å². The Morgan fingerprint density at radius 3 is 1.93 bits per heavy atom. The van der Waals surface area contributed by atoms with Crippen LogP contribution in [0.3, 0.4) is 0 Å². The van der Waals surface area contributed by atoms with Crippen LogP contribution in [0.25, 0.3) is 0 Å². The van der Waals surface area contributed by atoms with E-state index < -0.39 is 0 Å². The molecule has 6 heteroatoms. The van der Waals surface area contributed by atoms with Gasteiger partial charge < -0.3 is 10.1 Å². The molecule has 30 heavy (non-hydrogen) atoms. The van der Waals surface area contributed by atoms with Crippen molar-refractivity contribution in [3.8, 4) is 0 Å². The lowest BCUT2D eigenvalue weighted by atomic mass is 9.97. The van der Waals surface area contributed by atoms with Crippen molar-refractivity contribution in [2.45, 2.75) is 19.4 Å². The molecule has 0 radical (unpaired) electrons. The summed E-state index contributed by atoms with van der Waals surface area (Å²) in [4.78, 5) is 24.7. The van der Waals surface area contributed by atoms with Gasteiger partial charge in [0.05, 0.1) is 18.2 Å². The molecule has 0 aliphatic rings. The van der Waals surface area contributed by atoms with Gasteiger partial charge in [-0.2, -0.15) is 0 Å². The van der Waals surface area contributed by atoms with Crippen LogP contribution in [0.5, 0.6) is 0 Å². The first kappa shape index (κ1) is 21.9. The minimum atomic E-state index is -0.365. The molecule has 154 valence electrons. The minimum absolute atomic E-state index is 0.0118. The molecule has 4 nitrogen and oxygen atoms in total. The largest absolute Gasteiger partial charge is 0.462 e. The van der Waals surface area contributed by atoms with Crippen LogP contribution in [0.2, 0.25) is 10.0 Å². The van der Waals surface area contributed by atoms with Crippen LogP contribution in [-0.4, -0.2) is 18.4 Å². The summed E-state index contributed by atoms with van der Waals surface area (Å²) in [6, 6.07) is 20.9. The zero-order valence-electron chi connectivity index (χ0n) is 16.4. The summed E-state index contributed by atoms with van der Waals surface area (Å²) >= 11 is 11.9. The zero-order valence-corrected chi connectivity index (χ0v) is 17.9. The highest BCUT2D eigenvalue weighted by molar-refractivity contribution is 6.30. The first-order valence-corrected chi connectivity index (χ1v) is 10.3. The Balaban J connectivity index is 1.81. The molecule has 1 N–H and O–H groups in total. The van der Waals surface area contributed by atoms with E-state index in [9.17, 15) is 9.59 Å². The van der Waals surface area contributed by atoms with E-state index in [1.54, 1.807) is 67.6 Å². The van der Waals surface area contributed by atoms with Crippen molar-refractivity contribution in [1.82, 2.24) is 0 Å². The number of hydrogen-bond acceptors (Lipinski definition) is 4. The summed E-state index contributed by atoms with van der Waals surface area (Å²) < 4.78 is 5.01. The molecule has 0 aliphatic heterocycles. The van der Waals surface area contributed by atoms with Gasteiger partial charge in [0, 0.05) is 27.7 Å². The maximum absolute atomic E-state index is 12.8. The minimum Gasteiger partial charge on any atom is -0.462 e. The van der Waals surface area contributed by atoms with Crippen LogP contribution in [-0.2, 0) is 4.74 Å². The number of carbonyl (C=O) groups is 2. The second kappa shape index (κ2) is 10.3. The normalized spacial score (nSPS) is 11.6. The topological polar surface area (TPSA) is 55.4 Å². The summed E-state index contributed by atoms with van der Waals surface area (Å²) in [6.07, 6.45) is 0.239. The van der Waals surface area contributed by atoms with Gasteiger partial charge in [0.1, 0.15) is 0 Å². The number of anilines is 1. The van der Waals surface area contributed by atoms with Crippen LogP contribution in [0.4, 0.5) is 5.69 Å².